The van der Waals surface area contributed by atoms with Gasteiger partial charge in [-0.05, 0) is 43.0 Å². The molecule has 0 saturated carbocycles. The molecule has 0 spiro atoms. The van der Waals surface area contributed by atoms with Crippen molar-refractivity contribution in [3.8, 4) is 0 Å². The lowest BCUT2D eigenvalue weighted by Gasteiger charge is -2.18. The highest BCUT2D eigenvalue weighted by molar-refractivity contribution is 5.18. The average molecular weight is 251 g/mol. The minimum atomic E-state index is -0.554. The molecule has 1 aliphatic rings. The van der Waals surface area contributed by atoms with E-state index in [-0.39, 0.29) is 5.82 Å². The summed E-state index contributed by atoms with van der Waals surface area (Å²) in [6.07, 6.45) is 2.64. The lowest BCUT2D eigenvalue weighted by atomic mass is 10.1. The third-order valence-electron chi connectivity index (χ3n) is 3.90. The molecule has 1 aliphatic heterocycles. The number of rotatable bonds is 5. The normalized spacial score (nSPS) is 22.3. The molecule has 2 rings (SSSR count). The van der Waals surface area contributed by atoms with E-state index in [0.717, 1.165) is 25.6 Å². The first kappa shape index (κ1) is 13.5. The number of aliphatic hydroxyl groups excluding tert-OH is 1. The molecule has 2 atom stereocenters. The van der Waals surface area contributed by atoms with E-state index in [4.69, 9.17) is 0 Å². The van der Waals surface area contributed by atoms with Crippen molar-refractivity contribution in [3.63, 3.8) is 0 Å². The second kappa shape index (κ2) is 6.30. The summed E-state index contributed by atoms with van der Waals surface area (Å²) in [5.41, 5.74) is 0.682. The molecule has 0 aliphatic carbocycles. The first-order valence-electron chi connectivity index (χ1n) is 6.85. The van der Waals surface area contributed by atoms with Gasteiger partial charge in [0.1, 0.15) is 5.82 Å². The van der Waals surface area contributed by atoms with Crippen molar-refractivity contribution in [1.82, 2.24) is 4.90 Å². The van der Waals surface area contributed by atoms with Crippen molar-refractivity contribution in [2.24, 2.45) is 5.92 Å². The van der Waals surface area contributed by atoms with Crippen LogP contribution in [0.1, 0.15) is 37.9 Å². The number of hydrogen-bond acceptors (Lipinski definition) is 2. The lowest BCUT2D eigenvalue weighted by Crippen LogP contribution is -2.23. The number of halogens is 1. The second-order valence-corrected chi connectivity index (χ2v) is 5.22. The number of benzene rings is 1. The van der Waals surface area contributed by atoms with Crippen LogP contribution in [0.5, 0.6) is 0 Å². The van der Waals surface area contributed by atoms with Crippen LogP contribution in [-0.2, 0) is 0 Å². The van der Waals surface area contributed by atoms with Crippen molar-refractivity contribution in [2.45, 2.75) is 32.3 Å². The van der Waals surface area contributed by atoms with Gasteiger partial charge in [0.25, 0.3) is 0 Å². The van der Waals surface area contributed by atoms with E-state index < -0.39 is 6.10 Å². The molecule has 3 heteroatoms. The molecule has 18 heavy (non-hydrogen) atoms. The Bertz CT molecular complexity index is 383. The van der Waals surface area contributed by atoms with Gasteiger partial charge in [-0.1, -0.05) is 25.5 Å². The third-order valence-corrected chi connectivity index (χ3v) is 3.90. The molecule has 1 N–H and O–H groups in total. The quantitative estimate of drug-likeness (QED) is 0.869. The standard InChI is InChI=1S/C15H22FNO/c1-2-12-6-8-17(11-12)9-7-15(18)13-4-3-5-14(16)10-13/h3-5,10,12,15,18H,2,6-9,11H2,1H3. The van der Waals surface area contributed by atoms with Crippen LogP contribution in [0.4, 0.5) is 4.39 Å². The number of hydrogen-bond donors (Lipinski definition) is 1. The summed E-state index contributed by atoms with van der Waals surface area (Å²) < 4.78 is 13.0. The van der Waals surface area contributed by atoms with E-state index in [1.54, 1.807) is 12.1 Å². The maximum Gasteiger partial charge on any atom is 0.123 e. The lowest BCUT2D eigenvalue weighted by molar-refractivity contribution is 0.147. The first-order valence-corrected chi connectivity index (χ1v) is 6.85. The maximum absolute atomic E-state index is 13.0. The smallest absolute Gasteiger partial charge is 0.123 e. The van der Waals surface area contributed by atoms with Crippen LogP contribution in [0.15, 0.2) is 24.3 Å². The Morgan fingerprint density at radius 2 is 2.33 bits per heavy atom. The molecule has 0 radical (unpaired) electrons. The molecule has 0 amide bonds. The van der Waals surface area contributed by atoms with Crippen LogP contribution in [0.25, 0.3) is 0 Å². The zero-order chi connectivity index (χ0) is 13.0. The molecule has 1 aromatic rings. The Morgan fingerprint density at radius 3 is 3.00 bits per heavy atom. The van der Waals surface area contributed by atoms with Crippen LogP contribution in [0.2, 0.25) is 0 Å². The van der Waals surface area contributed by atoms with Crippen molar-refractivity contribution >= 4 is 0 Å². The van der Waals surface area contributed by atoms with Crippen LogP contribution in [0, 0.1) is 11.7 Å². The highest BCUT2D eigenvalue weighted by Crippen LogP contribution is 2.22. The average Bonchev–Trinajstić information content (AvgIpc) is 2.84. The van der Waals surface area contributed by atoms with Crippen molar-refractivity contribution in [3.05, 3.63) is 35.6 Å². The summed E-state index contributed by atoms with van der Waals surface area (Å²) in [6.45, 7) is 5.41. The van der Waals surface area contributed by atoms with Gasteiger partial charge in [0, 0.05) is 13.1 Å². The Labute approximate surface area is 108 Å². The SMILES string of the molecule is CCC1CCN(CCC(O)c2cccc(F)c2)C1. The largest absolute Gasteiger partial charge is 0.388 e. The summed E-state index contributed by atoms with van der Waals surface area (Å²) in [5, 5.41) is 10.0. The van der Waals surface area contributed by atoms with Gasteiger partial charge in [0.2, 0.25) is 0 Å². The third kappa shape index (κ3) is 3.53. The van der Waals surface area contributed by atoms with Gasteiger partial charge in [0.05, 0.1) is 6.10 Å². The van der Waals surface area contributed by atoms with Crippen LogP contribution >= 0.6 is 0 Å². The molecule has 100 valence electrons. The van der Waals surface area contributed by atoms with E-state index in [0.29, 0.717) is 12.0 Å². The van der Waals surface area contributed by atoms with Crippen molar-refractivity contribution in [1.29, 1.82) is 0 Å². The zero-order valence-electron chi connectivity index (χ0n) is 11.0. The molecular weight excluding hydrogens is 229 g/mol. The predicted octanol–water partition coefficient (Wildman–Crippen LogP) is 2.98. The van der Waals surface area contributed by atoms with E-state index in [2.05, 4.69) is 11.8 Å². The van der Waals surface area contributed by atoms with E-state index in [9.17, 15) is 9.50 Å². The van der Waals surface area contributed by atoms with Gasteiger partial charge in [-0.25, -0.2) is 4.39 Å². The van der Waals surface area contributed by atoms with Gasteiger partial charge in [-0.2, -0.15) is 0 Å². The van der Waals surface area contributed by atoms with Gasteiger partial charge in [0.15, 0.2) is 0 Å². The van der Waals surface area contributed by atoms with E-state index in [1.165, 1.54) is 25.0 Å². The minimum absolute atomic E-state index is 0.279. The molecular formula is C15H22FNO. The zero-order valence-corrected chi connectivity index (χ0v) is 11.0. The number of aliphatic hydroxyl groups is 1. The molecule has 1 aromatic carbocycles. The Kier molecular flexibility index (Phi) is 4.72. The Balaban J connectivity index is 1.80. The molecule has 2 unspecified atom stereocenters. The maximum atomic E-state index is 13.0. The van der Waals surface area contributed by atoms with Crippen LogP contribution in [-0.4, -0.2) is 29.6 Å². The molecule has 0 aromatic heterocycles. The molecule has 1 fully saturated rings. The topological polar surface area (TPSA) is 23.5 Å². The Morgan fingerprint density at radius 1 is 1.50 bits per heavy atom. The van der Waals surface area contributed by atoms with Crippen LogP contribution < -0.4 is 0 Å². The first-order chi connectivity index (χ1) is 8.69. The monoisotopic (exact) mass is 251 g/mol. The number of likely N-dealkylation sites (tertiary alicyclic amines) is 1. The van der Waals surface area contributed by atoms with Gasteiger partial charge < -0.3 is 10.0 Å². The summed E-state index contributed by atoms with van der Waals surface area (Å²) in [7, 11) is 0. The van der Waals surface area contributed by atoms with Gasteiger partial charge in [-0.3, -0.25) is 0 Å². The van der Waals surface area contributed by atoms with Gasteiger partial charge >= 0.3 is 0 Å². The molecule has 1 saturated heterocycles. The van der Waals surface area contributed by atoms with Crippen molar-refractivity contribution < 1.29 is 9.50 Å². The highest BCUT2D eigenvalue weighted by atomic mass is 19.1. The van der Waals surface area contributed by atoms with E-state index >= 15 is 0 Å². The van der Waals surface area contributed by atoms with E-state index in [1.807, 2.05) is 0 Å². The Hall–Kier alpha value is -0.930. The fourth-order valence-corrected chi connectivity index (χ4v) is 2.63. The van der Waals surface area contributed by atoms with Gasteiger partial charge in [-0.15, -0.1) is 0 Å². The van der Waals surface area contributed by atoms with Crippen molar-refractivity contribution in [2.75, 3.05) is 19.6 Å². The fourth-order valence-electron chi connectivity index (χ4n) is 2.63. The highest BCUT2D eigenvalue weighted by Gasteiger charge is 2.21. The summed E-state index contributed by atoms with van der Waals surface area (Å²) >= 11 is 0. The second-order valence-electron chi connectivity index (χ2n) is 5.22. The predicted molar refractivity (Wildman–Crippen MR) is 70.8 cm³/mol. The molecule has 2 nitrogen and oxygen atoms in total. The van der Waals surface area contributed by atoms with Crippen LogP contribution in [0.3, 0.4) is 0 Å². The number of nitrogens with zero attached hydrogens (tertiary/aromatic N) is 1. The fraction of sp³-hybridized carbons (Fsp3) is 0.600. The molecule has 1 heterocycles. The summed E-state index contributed by atoms with van der Waals surface area (Å²) in [5.74, 6) is 0.537. The molecule has 0 bridgehead atoms. The summed E-state index contributed by atoms with van der Waals surface area (Å²) in [6, 6.07) is 6.26. The summed E-state index contributed by atoms with van der Waals surface area (Å²) in [4.78, 5) is 2.40. The minimum Gasteiger partial charge on any atom is -0.388 e.